The first-order valence-electron chi connectivity index (χ1n) is 4.25. The molecule has 74 valence electrons. The summed E-state index contributed by atoms with van der Waals surface area (Å²) in [4.78, 5) is 14.1. The molecular formula is C10H12N2O2. The van der Waals surface area contributed by atoms with Crippen LogP contribution in [-0.2, 0) is 4.79 Å². The Balaban J connectivity index is 2.51. The molecule has 1 aromatic rings. The van der Waals surface area contributed by atoms with Gasteiger partial charge >= 0.3 is 5.97 Å². The molecule has 0 aliphatic rings. The first-order valence-corrected chi connectivity index (χ1v) is 4.25. The summed E-state index contributed by atoms with van der Waals surface area (Å²) in [5.41, 5.74) is 1.02. The monoisotopic (exact) mass is 192 g/mol. The fourth-order valence-corrected chi connectivity index (χ4v) is 0.992. The van der Waals surface area contributed by atoms with Crippen LogP contribution < -0.4 is 5.32 Å². The molecule has 0 radical (unpaired) electrons. The van der Waals surface area contributed by atoms with Crippen molar-refractivity contribution in [2.24, 2.45) is 0 Å². The van der Waals surface area contributed by atoms with E-state index in [9.17, 15) is 4.79 Å². The molecule has 0 aliphatic carbocycles. The zero-order valence-electron chi connectivity index (χ0n) is 7.84. The number of nitrogens with zero attached hydrogens (tertiary/aromatic N) is 1. The Morgan fingerprint density at radius 3 is 3.07 bits per heavy atom. The molecule has 0 saturated carbocycles. The predicted octanol–water partition coefficient (Wildman–Crippen LogP) is 1.33. The molecule has 0 aliphatic heterocycles. The summed E-state index contributed by atoms with van der Waals surface area (Å²) in [7, 11) is 0. The Hall–Kier alpha value is -1.84. The number of pyridine rings is 1. The van der Waals surface area contributed by atoms with Gasteiger partial charge in [0.05, 0.1) is 0 Å². The smallest absolute Gasteiger partial charge is 0.329 e. The molecule has 0 saturated heterocycles. The fraction of sp³-hybridized carbons (Fsp3) is 0.200. The maximum absolute atomic E-state index is 10.2. The van der Waals surface area contributed by atoms with Crippen LogP contribution in [-0.4, -0.2) is 16.1 Å². The highest BCUT2D eigenvalue weighted by atomic mass is 16.4. The average Bonchev–Trinajstić information content (AvgIpc) is 2.18. The molecule has 0 bridgehead atoms. The van der Waals surface area contributed by atoms with E-state index in [1.165, 1.54) is 6.20 Å². The van der Waals surface area contributed by atoms with Crippen molar-refractivity contribution in [3.05, 3.63) is 42.4 Å². The Kier molecular flexibility index (Phi) is 3.67. The van der Waals surface area contributed by atoms with Gasteiger partial charge in [-0.05, 0) is 18.6 Å². The molecule has 2 N–H and O–H groups in total. The van der Waals surface area contributed by atoms with Crippen LogP contribution in [0.15, 0.2) is 36.8 Å². The van der Waals surface area contributed by atoms with Crippen LogP contribution in [0.2, 0.25) is 0 Å². The second-order valence-electron chi connectivity index (χ2n) is 2.85. The topological polar surface area (TPSA) is 62.2 Å². The van der Waals surface area contributed by atoms with Crippen LogP contribution in [0.4, 0.5) is 0 Å². The second kappa shape index (κ2) is 5.01. The lowest BCUT2D eigenvalue weighted by molar-refractivity contribution is -0.131. The molecule has 0 aromatic carbocycles. The summed E-state index contributed by atoms with van der Waals surface area (Å²) in [6, 6.07) is 3.83. The Morgan fingerprint density at radius 2 is 2.50 bits per heavy atom. The van der Waals surface area contributed by atoms with Crippen LogP contribution in [0.1, 0.15) is 18.5 Å². The number of carbonyl (C=O) groups is 1. The molecule has 0 fully saturated rings. The third kappa shape index (κ3) is 3.26. The van der Waals surface area contributed by atoms with Gasteiger partial charge in [-0.25, -0.2) is 4.79 Å². The van der Waals surface area contributed by atoms with Crippen LogP contribution in [0.3, 0.4) is 0 Å². The van der Waals surface area contributed by atoms with Crippen molar-refractivity contribution in [2.45, 2.75) is 13.0 Å². The number of rotatable bonds is 4. The van der Waals surface area contributed by atoms with Crippen LogP contribution in [0, 0.1) is 0 Å². The van der Waals surface area contributed by atoms with Gasteiger partial charge in [-0.2, -0.15) is 0 Å². The van der Waals surface area contributed by atoms with Crippen molar-refractivity contribution in [3.8, 4) is 0 Å². The van der Waals surface area contributed by atoms with Gasteiger partial charge in [-0.15, -0.1) is 0 Å². The van der Waals surface area contributed by atoms with E-state index in [1.54, 1.807) is 12.4 Å². The van der Waals surface area contributed by atoms with E-state index >= 15 is 0 Å². The number of carboxylic acids is 1. The lowest BCUT2D eigenvalue weighted by atomic mass is 10.1. The molecule has 1 aromatic heterocycles. The minimum atomic E-state index is -0.962. The highest BCUT2D eigenvalue weighted by molar-refractivity contribution is 5.79. The Bertz CT molecular complexity index is 322. The lowest BCUT2D eigenvalue weighted by Crippen LogP contribution is -2.12. The van der Waals surface area contributed by atoms with E-state index in [-0.39, 0.29) is 6.04 Å². The molecule has 1 heterocycles. The highest BCUT2D eigenvalue weighted by Crippen LogP contribution is 2.08. The molecule has 1 rings (SSSR count). The summed E-state index contributed by atoms with van der Waals surface area (Å²) in [6.07, 6.45) is 5.92. The number of nitrogens with one attached hydrogen (secondary N) is 1. The van der Waals surface area contributed by atoms with Crippen molar-refractivity contribution >= 4 is 5.97 Å². The van der Waals surface area contributed by atoms with Gasteiger partial charge in [0.15, 0.2) is 0 Å². The first kappa shape index (κ1) is 10.2. The molecule has 4 nitrogen and oxygen atoms in total. The van der Waals surface area contributed by atoms with E-state index in [2.05, 4.69) is 10.3 Å². The number of hydrogen-bond donors (Lipinski definition) is 2. The molecular weight excluding hydrogens is 180 g/mol. The standard InChI is InChI=1S/C10H12N2O2/c1-8(12-6-4-10(13)14)9-3-2-5-11-7-9/h2-8,12H,1H3,(H,13,14)/b6-4+. The minimum absolute atomic E-state index is 0.0549. The first-order chi connectivity index (χ1) is 6.70. The van der Waals surface area contributed by atoms with Crippen molar-refractivity contribution in [2.75, 3.05) is 0 Å². The largest absolute Gasteiger partial charge is 0.478 e. The predicted molar refractivity (Wildman–Crippen MR) is 52.6 cm³/mol. The van der Waals surface area contributed by atoms with Gasteiger partial charge in [0.25, 0.3) is 0 Å². The quantitative estimate of drug-likeness (QED) is 0.706. The number of hydrogen-bond acceptors (Lipinski definition) is 3. The number of aliphatic carboxylic acids is 1. The van der Waals surface area contributed by atoms with Crippen molar-refractivity contribution < 1.29 is 9.90 Å². The molecule has 1 atom stereocenters. The van der Waals surface area contributed by atoms with Crippen LogP contribution in [0.5, 0.6) is 0 Å². The summed E-state index contributed by atoms with van der Waals surface area (Å²) < 4.78 is 0. The molecule has 0 spiro atoms. The average molecular weight is 192 g/mol. The van der Waals surface area contributed by atoms with Crippen molar-refractivity contribution in [1.82, 2.24) is 10.3 Å². The van der Waals surface area contributed by atoms with Gasteiger partial charge in [-0.1, -0.05) is 6.07 Å². The Morgan fingerprint density at radius 1 is 1.71 bits per heavy atom. The maximum Gasteiger partial charge on any atom is 0.329 e. The lowest BCUT2D eigenvalue weighted by Gasteiger charge is -2.10. The van der Waals surface area contributed by atoms with Gasteiger partial charge in [-0.3, -0.25) is 4.98 Å². The molecule has 0 amide bonds. The van der Waals surface area contributed by atoms with E-state index in [0.29, 0.717) is 0 Å². The third-order valence-electron chi connectivity index (χ3n) is 1.76. The molecule has 14 heavy (non-hydrogen) atoms. The van der Waals surface area contributed by atoms with E-state index < -0.39 is 5.97 Å². The third-order valence-corrected chi connectivity index (χ3v) is 1.76. The zero-order valence-corrected chi connectivity index (χ0v) is 7.84. The van der Waals surface area contributed by atoms with Gasteiger partial charge in [0, 0.05) is 30.7 Å². The van der Waals surface area contributed by atoms with E-state index in [1.807, 2.05) is 19.1 Å². The second-order valence-corrected chi connectivity index (χ2v) is 2.85. The van der Waals surface area contributed by atoms with Gasteiger partial charge < -0.3 is 10.4 Å². The minimum Gasteiger partial charge on any atom is -0.478 e. The summed E-state index contributed by atoms with van der Waals surface area (Å²) in [5, 5.41) is 11.3. The summed E-state index contributed by atoms with van der Waals surface area (Å²) in [5.74, 6) is -0.962. The summed E-state index contributed by atoms with van der Waals surface area (Å²) in [6.45, 7) is 1.93. The highest BCUT2D eigenvalue weighted by Gasteiger charge is 2.00. The van der Waals surface area contributed by atoms with E-state index in [4.69, 9.17) is 5.11 Å². The van der Waals surface area contributed by atoms with E-state index in [0.717, 1.165) is 11.6 Å². The zero-order chi connectivity index (χ0) is 10.4. The SMILES string of the molecule is CC(N/C=C/C(=O)O)c1cccnc1. The van der Waals surface area contributed by atoms with Crippen molar-refractivity contribution in [1.29, 1.82) is 0 Å². The van der Waals surface area contributed by atoms with Gasteiger partial charge in [0.1, 0.15) is 0 Å². The van der Waals surface area contributed by atoms with Crippen LogP contribution in [0.25, 0.3) is 0 Å². The summed E-state index contributed by atoms with van der Waals surface area (Å²) >= 11 is 0. The van der Waals surface area contributed by atoms with Gasteiger partial charge in [0.2, 0.25) is 0 Å². The molecule has 4 heteroatoms. The van der Waals surface area contributed by atoms with Crippen LogP contribution >= 0.6 is 0 Å². The maximum atomic E-state index is 10.2. The number of aromatic nitrogens is 1. The van der Waals surface area contributed by atoms with Crippen molar-refractivity contribution in [3.63, 3.8) is 0 Å². The fourth-order valence-electron chi connectivity index (χ4n) is 0.992. The molecule has 1 unspecified atom stereocenters. The number of carboxylic acid groups (broad SMARTS) is 1. The normalized spacial score (nSPS) is 12.6. The Labute approximate surface area is 82.3 Å².